The van der Waals surface area contributed by atoms with Gasteiger partial charge in [-0.1, -0.05) is 12.1 Å². The summed E-state index contributed by atoms with van der Waals surface area (Å²) in [5, 5.41) is 5.05. The molecule has 2 fully saturated rings. The molecule has 1 aromatic rings. The monoisotopic (exact) mass is 397 g/mol. The highest BCUT2D eigenvalue weighted by Crippen LogP contribution is 2.14. The fourth-order valence-corrected chi connectivity index (χ4v) is 4.91. The number of rotatable bonds is 6. The number of halogens is 1. The first-order chi connectivity index (χ1) is 12.7. The molecule has 0 spiro atoms. The van der Waals surface area contributed by atoms with E-state index in [0.29, 0.717) is 18.4 Å². The summed E-state index contributed by atoms with van der Waals surface area (Å²) in [6.07, 6.45) is 0.395. The van der Waals surface area contributed by atoms with E-state index in [1.54, 1.807) is 12.1 Å². The highest BCUT2D eigenvalue weighted by atomic mass is 32.2. The average molecular weight is 397 g/mol. The lowest BCUT2D eigenvalue weighted by Crippen LogP contribution is -2.41. The Morgan fingerprint density at radius 3 is 2.78 bits per heavy atom. The van der Waals surface area contributed by atoms with Gasteiger partial charge in [0.05, 0.1) is 17.9 Å². The minimum atomic E-state index is -3.12. The number of hydrogen-bond donors (Lipinski definition) is 2. The van der Waals surface area contributed by atoms with E-state index in [1.165, 1.54) is 12.1 Å². The van der Waals surface area contributed by atoms with Crippen molar-refractivity contribution in [3.05, 3.63) is 35.6 Å². The van der Waals surface area contributed by atoms with Crippen LogP contribution in [-0.4, -0.2) is 61.3 Å². The molecule has 0 unspecified atom stereocenters. The Morgan fingerprint density at radius 1 is 1.33 bits per heavy atom. The fraction of sp³-hybridized carbons (Fsp3) is 0.471. The van der Waals surface area contributed by atoms with Crippen LogP contribution in [-0.2, 0) is 25.8 Å². The maximum Gasteiger partial charge on any atom is 0.324 e. The topological polar surface area (TPSA) is 113 Å². The van der Waals surface area contributed by atoms with E-state index in [0.717, 1.165) is 4.90 Å². The summed E-state index contributed by atoms with van der Waals surface area (Å²) in [6.45, 7) is 0.0765. The number of benzene rings is 1. The van der Waals surface area contributed by atoms with E-state index in [2.05, 4.69) is 10.6 Å². The number of amides is 4. The summed E-state index contributed by atoms with van der Waals surface area (Å²) >= 11 is 0. The smallest absolute Gasteiger partial charge is 0.324 e. The van der Waals surface area contributed by atoms with Crippen molar-refractivity contribution in [2.75, 3.05) is 18.1 Å². The van der Waals surface area contributed by atoms with E-state index in [9.17, 15) is 27.2 Å². The number of nitrogens with one attached hydrogen (secondary N) is 2. The van der Waals surface area contributed by atoms with Crippen LogP contribution in [0.15, 0.2) is 24.3 Å². The van der Waals surface area contributed by atoms with Gasteiger partial charge < -0.3 is 10.6 Å². The van der Waals surface area contributed by atoms with Crippen molar-refractivity contribution < 1.29 is 27.2 Å². The number of carbonyl (C=O) groups excluding carboxylic acids is 3. The lowest BCUT2D eigenvalue weighted by Gasteiger charge is -2.14. The van der Waals surface area contributed by atoms with Crippen molar-refractivity contribution in [1.82, 2.24) is 15.5 Å². The highest BCUT2D eigenvalue weighted by molar-refractivity contribution is 7.91. The van der Waals surface area contributed by atoms with Crippen LogP contribution in [0.4, 0.5) is 9.18 Å². The van der Waals surface area contributed by atoms with Gasteiger partial charge in [-0.3, -0.25) is 14.5 Å². The fourth-order valence-electron chi connectivity index (χ4n) is 3.24. The molecular weight excluding hydrogens is 377 g/mol. The zero-order chi connectivity index (χ0) is 19.6. The Labute approximate surface area is 156 Å². The van der Waals surface area contributed by atoms with E-state index in [1.807, 2.05) is 0 Å². The third-order valence-electron chi connectivity index (χ3n) is 4.61. The number of hydrogen-bond acceptors (Lipinski definition) is 5. The number of nitrogens with zero attached hydrogens (tertiary/aromatic N) is 1. The van der Waals surface area contributed by atoms with Crippen molar-refractivity contribution in [3.8, 4) is 0 Å². The molecule has 2 heterocycles. The molecule has 2 N–H and O–H groups in total. The van der Waals surface area contributed by atoms with Gasteiger partial charge in [-0.25, -0.2) is 17.6 Å². The normalized spacial score (nSPS) is 24.1. The minimum absolute atomic E-state index is 0.0326. The molecule has 1 aromatic carbocycles. The molecule has 146 valence electrons. The van der Waals surface area contributed by atoms with Gasteiger partial charge in [-0.15, -0.1) is 0 Å². The minimum Gasteiger partial charge on any atom is -0.352 e. The molecule has 2 aliphatic heterocycles. The van der Waals surface area contributed by atoms with Crippen LogP contribution in [0.1, 0.15) is 18.4 Å². The summed E-state index contributed by atoms with van der Waals surface area (Å²) in [6, 6.07) is 3.84. The average Bonchev–Trinajstić information content (AvgIpc) is 3.04. The summed E-state index contributed by atoms with van der Waals surface area (Å²) < 4.78 is 36.0. The predicted octanol–water partition coefficient (Wildman–Crippen LogP) is -0.0180. The summed E-state index contributed by atoms with van der Waals surface area (Å²) in [5.74, 6) is -1.48. The molecule has 0 aromatic heterocycles. The second kappa shape index (κ2) is 7.63. The Morgan fingerprint density at radius 2 is 2.11 bits per heavy atom. The SMILES string of the molecule is O=C(C[C@@H]1NC(=O)N(CCc2cccc(F)c2)C1=O)N[C@@H]1CCS(=O)(=O)C1. The molecule has 0 saturated carbocycles. The van der Waals surface area contributed by atoms with Gasteiger partial charge in [-0.05, 0) is 30.5 Å². The van der Waals surface area contributed by atoms with Gasteiger partial charge in [0.2, 0.25) is 5.91 Å². The van der Waals surface area contributed by atoms with Crippen molar-refractivity contribution in [2.24, 2.45) is 0 Å². The highest BCUT2D eigenvalue weighted by Gasteiger charge is 2.39. The molecule has 0 bridgehead atoms. The molecule has 2 aliphatic rings. The summed E-state index contributed by atoms with van der Waals surface area (Å²) in [4.78, 5) is 37.5. The van der Waals surface area contributed by atoms with Crippen molar-refractivity contribution in [2.45, 2.75) is 31.3 Å². The van der Waals surface area contributed by atoms with Crippen molar-refractivity contribution in [1.29, 1.82) is 0 Å². The quantitative estimate of drug-likeness (QED) is 0.655. The molecule has 3 rings (SSSR count). The van der Waals surface area contributed by atoms with Crippen LogP contribution >= 0.6 is 0 Å². The number of imide groups is 1. The maximum atomic E-state index is 13.2. The lowest BCUT2D eigenvalue weighted by molar-refractivity contribution is -0.131. The van der Waals surface area contributed by atoms with E-state index < -0.39 is 45.6 Å². The van der Waals surface area contributed by atoms with E-state index in [4.69, 9.17) is 0 Å². The molecule has 0 aliphatic carbocycles. The van der Waals surface area contributed by atoms with Crippen molar-refractivity contribution >= 4 is 27.7 Å². The Hall–Kier alpha value is -2.49. The number of sulfone groups is 1. The molecule has 2 saturated heterocycles. The Balaban J connectivity index is 1.52. The second-order valence-electron chi connectivity index (χ2n) is 6.74. The van der Waals surface area contributed by atoms with E-state index in [-0.39, 0.29) is 24.5 Å². The number of urea groups is 1. The lowest BCUT2D eigenvalue weighted by atomic mass is 10.1. The third-order valence-corrected chi connectivity index (χ3v) is 6.38. The van der Waals surface area contributed by atoms with Crippen LogP contribution in [0, 0.1) is 5.82 Å². The van der Waals surface area contributed by atoms with Crippen LogP contribution in [0.25, 0.3) is 0 Å². The summed E-state index contributed by atoms with van der Waals surface area (Å²) in [5.41, 5.74) is 0.652. The second-order valence-corrected chi connectivity index (χ2v) is 8.97. The Kier molecular flexibility index (Phi) is 5.45. The number of carbonyl (C=O) groups is 3. The van der Waals surface area contributed by atoms with Gasteiger partial charge in [0.25, 0.3) is 5.91 Å². The van der Waals surface area contributed by atoms with Crippen LogP contribution in [0.3, 0.4) is 0 Å². The molecule has 0 radical (unpaired) electrons. The Bertz CT molecular complexity index is 873. The first kappa shape index (κ1) is 19.3. The van der Waals surface area contributed by atoms with Crippen LogP contribution < -0.4 is 10.6 Å². The summed E-state index contributed by atoms with van der Waals surface area (Å²) in [7, 11) is -3.12. The van der Waals surface area contributed by atoms with Crippen LogP contribution in [0.2, 0.25) is 0 Å². The molecule has 10 heteroatoms. The van der Waals surface area contributed by atoms with Crippen LogP contribution in [0.5, 0.6) is 0 Å². The molecule has 27 heavy (non-hydrogen) atoms. The van der Waals surface area contributed by atoms with Gasteiger partial charge in [0.15, 0.2) is 9.84 Å². The molecule has 2 atom stereocenters. The van der Waals surface area contributed by atoms with Gasteiger partial charge >= 0.3 is 6.03 Å². The van der Waals surface area contributed by atoms with Gasteiger partial charge in [0.1, 0.15) is 11.9 Å². The van der Waals surface area contributed by atoms with Gasteiger partial charge in [-0.2, -0.15) is 0 Å². The molecular formula is C17H20FN3O5S. The maximum absolute atomic E-state index is 13.2. The molecule has 8 nitrogen and oxygen atoms in total. The largest absolute Gasteiger partial charge is 0.352 e. The zero-order valence-electron chi connectivity index (χ0n) is 14.5. The van der Waals surface area contributed by atoms with E-state index >= 15 is 0 Å². The first-order valence-electron chi connectivity index (χ1n) is 8.59. The first-order valence-corrected chi connectivity index (χ1v) is 10.4. The van der Waals surface area contributed by atoms with Crippen molar-refractivity contribution in [3.63, 3.8) is 0 Å². The zero-order valence-corrected chi connectivity index (χ0v) is 15.3. The van der Waals surface area contributed by atoms with Gasteiger partial charge in [0, 0.05) is 12.6 Å². The predicted molar refractivity (Wildman–Crippen MR) is 94.0 cm³/mol. The molecule has 4 amide bonds. The standard InChI is InChI=1S/C17H20FN3O5S/c18-12-3-1-2-11(8-12)4-6-21-16(23)14(20-17(21)24)9-15(22)19-13-5-7-27(25,26)10-13/h1-3,8,13-14H,4-7,9-10H2,(H,19,22)(H,20,24)/t13-,14+/m1/s1. The third kappa shape index (κ3) is 4.82.